The Hall–Kier alpha value is -2.27. The zero-order chi connectivity index (χ0) is 18.7. The highest BCUT2D eigenvalue weighted by molar-refractivity contribution is 5.16. The van der Waals surface area contributed by atoms with Gasteiger partial charge in [-0.15, -0.1) is 5.10 Å². The highest BCUT2D eigenvalue weighted by atomic mass is 19.4. The fraction of sp³-hybridized carbons (Fsp3) is 0.600. The molecule has 2 aromatic rings. The minimum atomic E-state index is -4.60. The molecule has 3 rings (SSSR count). The number of alkyl halides is 3. The van der Waals surface area contributed by atoms with Crippen molar-refractivity contribution in [1.82, 2.24) is 29.4 Å². The van der Waals surface area contributed by atoms with E-state index in [1.54, 1.807) is 11.0 Å². The minimum Gasteiger partial charge on any atom is -0.382 e. The van der Waals surface area contributed by atoms with Crippen molar-refractivity contribution in [2.75, 3.05) is 19.6 Å². The summed E-state index contributed by atoms with van der Waals surface area (Å²) in [5.74, 6) is 0.596. The monoisotopic (exact) mass is 372 g/mol. The van der Waals surface area contributed by atoms with E-state index in [2.05, 4.69) is 15.2 Å². The molecule has 8 nitrogen and oxygen atoms in total. The summed E-state index contributed by atoms with van der Waals surface area (Å²) in [6, 6.07) is 2.95. The number of piperidine rings is 1. The maximum absolute atomic E-state index is 12.4. The van der Waals surface area contributed by atoms with Crippen LogP contribution in [0.3, 0.4) is 0 Å². The van der Waals surface area contributed by atoms with Crippen molar-refractivity contribution in [3.63, 3.8) is 0 Å². The Labute approximate surface area is 146 Å². The molecule has 11 heteroatoms. The molecule has 3 heterocycles. The minimum absolute atomic E-state index is 0.130. The van der Waals surface area contributed by atoms with Gasteiger partial charge in [-0.1, -0.05) is 0 Å². The molecular formula is C15H19F3N6O2. The Balaban J connectivity index is 1.58. The molecule has 1 aliphatic heterocycles. The first kappa shape index (κ1) is 18.5. The second-order valence-electron chi connectivity index (χ2n) is 6.35. The third-order valence-electron chi connectivity index (χ3n) is 4.45. The number of halogens is 3. The van der Waals surface area contributed by atoms with E-state index in [1.807, 2.05) is 0 Å². The molecule has 0 aliphatic carbocycles. The standard InChI is InChI=1S/C15H19F3N6O2/c16-15(17,18)12(25)8-22-5-3-11(4-6-22)7-23-14(26)2-1-13(21-23)24-10-19-9-20-24/h1-2,9-12,25H,3-8H2. The molecule has 1 fully saturated rings. The van der Waals surface area contributed by atoms with Crippen LogP contribution in [0.1, 0.15) is 12.8 Å². The van der Waals surface area contributed by atoms with Gasteiger partial charge >= 0.3 is 6.18 Å². The lowest BCUT2D eigenvalue weighted by Gasteiger charge is -2.33. The Kier molecular flexibility index (Phi) is 5.37. The van der Waals surface area contributed by atoms with Crippen LogP contribution in [-0.2, 0) is 6.54 Å². The molecule has 0 saturated carbocycles. The molecule has 1 unspecified atom stereocenters. The molecule has 0 aromatic carbocycles. The van der Waals surface area contributed by atoms with E-state index in [4.69, 9.17) is 5.11 Å². The number of nitrogens with zero attached hydrogens (tertiary/aromatic N) is 6. The first-order valence-electron chi connectivity index (χ1n) is 8.23. The fourth-order valence-corrected chi connectivity index (χ4v) is 2.96. The van der Waals surface area contributed by atoms with Gasteiger partial charge in [0, 0.05) is 19.2 Å². The predicted molar refractivity (Wildman–Crippen MR) is 84.6 cm³/mol. The molecule has 2 aromatic heterocycles. The van der Waals surface area contributed by atoms with Crippen LogP contribution in [-0.4, -0.2) is 66.5 Å². The van der Waals surface area contributed by atoms with E-state index in [1.165, 1.54) is 28.1 Å². The summed E-state index contributed by atoms with van der Waals surface area (Å²) >= 11 is 0. The topological polar surface area (TPSA) is 89.1 Å². The second kappa shape index (κ2) is 7.54. The highest BCUT2D eigenvalue weighted by Gasteiger charge is 2.39. The number of hydrogen-bond acceptors (Lipinski definition) is 6. The first-order chi connectivity index (χ1) is 12.3. The van der Waals surface area contributed by atoms with Crippen LogP contribution < -0.4 is 5.56 Å². The number of aliphatic hydroxyl groups is 1. The van der Waals surface area contributed by atoms with E-state index < -0.39 is 18.8 Å². The van der Waals surface area contributed by atoms with Gasteiger partial charge in [0.1, 0.15) is 12.7 Å². The lowest BCUT2D eigenvalue weighted by atomic mass is 9.96. The summed E-state index contributed by atoms with van der Waals surface area (Å²) < 4.78 is 40.1. The van der Waals surface area contributed by atoms with Crippen molar-refractivity contribution in [2.45, 2.75) is 31.7 Å². The van der Waals surface area contributed by atoms with Crippen LogP contribution in [0.25, 0.3) is 5.82 Å². The Morgan fingerprint density at radius 1 is 1.27 bits per heavy atom. The Morgan fingerprint density at radius 2 is 2.00 bits per heavy atom. The third kappa shape index (κ3) is 4.47. The quantitative estimate of drug-likeness (QED) is 0.820. The summed E-state index contributed by atoms with van der Waals surface area (Å²) in [5.41, 5.74) is -0.246. The first-order valence-corrected chi connectivity index (χ1v) is 8.23. The van der Waals surface area contributed by atoms with Gasteiger partial charge in [-0.25, -0.2) is 14.3 Å². The number of β-amino-alcohol motifs (C(OH)–C–C–N with tert-alkyl or cyclic N) is 1. The molecule has 1 N–H and O–H groups in total. The second-order valence-corrected chi connectivity index (χ2v) is 6.35. The van der Waals surface area contributed by atoms with Crippen LogP contribution in [0, 0.1) is 5.92 Å². The number of rotatable bonds is 5. The molecule has 1 atom stereocenters. The Morgan fingerprint density at radius 3 is 2.62 bits per heavy atom. The molecule has 1 saturated heterocycles. The summed E-state index contributed by atoms with van der Waals surface area (Å²) in [5, 5.41) is 17.4. The maximum atomic E-state index is 12.4. The lowest BCUT2D eigenvalue weighted by molar-refractivity contribution is -0.208. The molecule has 0 spiro atoms. The zero-order valence-corrected chi connectivity index (χ0v) is 13.9. The van der Waals surface area contributed by atoms with Gasteiger partial charge in [0.2, 0.25) is 0 Å². The predicted octanol–water partition coefficient (Wildman–Crippen LogP) is 0.459. The van der Waals surface area contributed by atoms with Crippen LogP contribution in [0.4, 0.5) is 13.2 Å². The van der Waals surface area contributed by atoms with Crippen LogP contribution in [0.2, 0.25) is 0 Å². The molecule has 0 bridgehead atoms. The number of aromatic nitrogens is 5. The van der Waals surface area contributed by atoms with Gasteiger partial charge in [0.05, 0.1) is 0 Å². The van der Waals surface area contributed by atoms with E-state index in [0.717, 1.165) is 0 Å². The SMILES string of the molecule is O=c1ccc(-n2cncn2)nn1CC1CCN(CC(O)C(F)(F)F)CC1. The van der Waals surface area contributed by atoms with Crippen molar-refractivity contribution in [3.8, 4) is 5.82 Å². The van der Waals surface area contributed by atoms with Gasteiger partial charge < -0.3 is 10.0 Å². The van der Waals surface area contributed by atoms with Gasteiger partial charge in [-0.3, -0.25) is 4.79 Å². The molecule has 0 amide bonds. The highest BCUT2D eigenvalue weighted by Crippen LogP contribution is 2.23. The number of hydrogen-bond donors (Lipinski definition) is 1. The average molecular weight is 372 g/mol. The van der Waals surface area contributed by atoms with E-state index >= 15 is 0 Å². The van der Waals surface area contributed by atoms with Crippen molar-refractivity contribution in [1.29, 1.82) is 0 Å². The molecule has 26 heavy (non-hydrogen) atoms. The van der Waals surface area contributed by atoms with Gasteiger partial charge in [0.15, 0.2) is 11.9 Å². The van der Waals surface area contributed by atoms with Crippen LogP contribution in [0.5, 0.6) is 0 Å². The van der Waals surface area contributed by atoms with Crippen molar-refractivity contribution in [3.05, 3.63) is 35.1 Å². The third-order valence-corrected chi connectivity index (χ3v) is 4.45. The largest absolute Gasteiger partial charge is 0.415 e. The van der Waals surface area contributed by atoms with Crippen molar-refractivity contribution < 1.29 is 18.3 Å². The van der Waals surface area contributed by atoms with Gasteiger partial charge in [-0.05, 0) is 37.9 Å². The lowest BCUT2D eigenvalue weighted by Crippen LogP contribution is -2.45. The summed E-state index contributed by atoms with van der Waals surface area (Å²) in [6.45, 7) is 0.845. The van der Waals surface area contributed by atoms with Crippen molar-refractivity contribution >= 4 is 0 Å². The summed E-state index contributed by atoms with van der Waals surface area (Å²) in [7, 11) is 0. The molecular weight excluding hydrogens is 353 g/mol. The van der Waals surface area contributed by atoms with Gasteiger partial charge in [-0.2, -0.15) is 18.3 Å². The Bertz CT molecular complexity index is 768. The molecule has 142 valence electrons. The van der Waals surface area contributed by atoms with Crippen LogP contribution >= 0.6 is 0 Å². The van der Waals surface area contributed by atoms with Crippen LogP contribution in [0.15, 0.2) is 29.6 Å². The number of likely N-dealkylation sites (tertiary alicyclic amines) is 1. The summed E-state index contributed by atoms with van der Waals surface area (Å²) in [4.78, 5) is 17.4. The summed E-state index contributed by atoms with van der Waals surface area (Å²) in [6.07, 6.45) is -2.83. The van der Waals surface area contributed by atoms with Gasteiger partial charge in [0.25, 0.3) is 5.56 Å². The van der Waals surface area contributed by atoms with E-state index in [0.29, 0.717) is 38.3 Å². The molecule has 0 radical (unpaired) electrons. The average Bonchev–Trinajstić information content (AvgIpc) is 3.12. The van der Waals surface area contributed by atoms with E-state index in [-0.39, 0.29) is 11.5 Å². The number of aliphatic hydroxyl groups excluding tert-OH is 1. The molecule has 1 aliphatic rings. The zero-order valence-electron chi connectivity index (χ0n) is 13.9. The normalized spacial score (nSPS) is 18.2. The van der Waals surface area contributed by atoms with Crippen molar-refractivity contribution in [2.24, 2.45) is 5.92 Å². The fourth-order valence-electron chi connectivity index (χ4n) is 2.96. The maximum Gasteiger partial charge on any atom is 0.415 e. The van der Waals surface area contributed by atoms with E-state index in [9.17, 15) is 18.0 Å². The smallest absolute Gasteiger partial charge is 0.382 e.